The van der Waals surface area contributed by atoms with Gasteiger partial charge in [0.2, 0.25) is 5.88 Å². The van der Waals surface area contributed by atoms with Crippen molar-refractivity contribution in [3.05, 3.63) is 117 Å². The molecule has 0 spiro atoms. The molecule has 6 heteroatoms. The van der Waals surface area contributed by atoms with E-state index in [2.05, 4.69) is 11.8 Å². The largest absolute Gasteiger partial charge is 0.493 e. The van der Waals surface area contributed by atoms with Gasteiger partial charge in [-0.15, -0.1) is 0 Å². The van der Waals surface area contributed by atoms with Crippen molar-refractivity contribution in [1.29, 1.82) is 0 Å². The third kappa shape index (κ3) is 3.21. The average molecular weight is 414 g/mol. The molecule has 5 rings (SSSR count). The standard InChI is InChI=1S/C25H16F2N2O2/c26-20-12-17(11-10-16-6-2-1-3-7-16)13-21(27)23(20)29-24(30)22-14-18-8-4-5-9-19(18)15-28(22)25(29)31/h1-9,12-13,30H,14-15H2. The summed E-state index contributed by atoms with van der Waals surface area (Å²) in [5, 5.41) is 10.7. The minimum Gasteiger partial charge on any atom is -0.493 e. The van der Waals surface area contributed by atoms with Crippen molar-refractivity contribution in [2.24, 2.45) is 0 Å². The number of fused-ring (bicyclic) bond motifs is 2. The summed E-state index contributed by atoms with van der Waals surface area (Å²) >= 11 is 0. The summed E-state index contributed by atoms with van der Waals surface area (Å²) in [5.41, 5.74) is 1.76. The Kier molecular flexibility index (Phi) is 4.45. The van der Waals surface area contributed by atoms with Gasteiger partial charge in [-0.25, -0.2) is 18.1 Å². The number of hydrogen-bond donors (Lipinski definition) is 1. The predicted molar refractivity (Wildman–Crippen MR) is 112 cm³/mol. The molecule has 4 aromatic rings. The topological polar surface area (TPSA) is 47.2 Å². The molecule has 0 amide bonds. The van der Waals surface area contributed by atoms with Crippen molar-refractivity contribution in [2.75, 3.05) is 0 Å². The SMILES string of the molecule is O=c1n2c(c(O)n1-c1c(F)cc(C#Cc3ccccc3)cc1F)Cc1ccccc1C2. The van der Waals surface area contributed by atoms with Gasteiger partial charge >= 0.3 is 5.69 Å². The highest BCUT2D eigenvalue weighted by Gasteiger charge is 2.28. The minimum absolute atomic E-state index is 0.131. The molecule has 0 saturated heterocycles. The highest BCUT2D eigenvalue weighted by atomic mass is 19.1. The molecule has 0 aliphatic carbocycles. The van der Waals surface area contributed by atoms with Crippen molar-refractivity contribution < 1.29 is 13.9 Å². The van der Waals surface area contributed by atoms with Gasteiger partial charge in [-0.05, 0) is 35.4 Å². The lowest BCUT2D eigenvalue weighted by Gasteiger charge is -2.17. The van der Waals surface area contributed by atoms with Crippen LogP contribution in [0.3, 0.4) is 0 Å². The molecule has 152 valence electrons. The lowest BCUT2D eigenvalue weighted by Crippen LogP contribution is -2.27. The lowest BCUT2D eigenvalue weighted by molar-refractivity contribution is 0.427. The second kappa shape index (κ2) is 7.29. The van der Waals surface area contributed by atoms with Crippen molar-refractivity contribution in [3.63, 3.8) is 0 Å². The third-order valence-electron chi connectivity index (χ3n) is 5.39. The predicted octanol–water partition coefficient (Wildman–Crippen LogP) is 3.98. The molecule has 0 atom stereocenters. The number of imidazole rings is 1. The number of aromatic nitrogens is 2. The van der Waals surface area contributed by atoms with Crippen LogP contribution in [0, 0.1) is 23.5 Å². The second-order valence-corrected chi connectivity index (χ2v) is 7.32. The average Bonchev–Trinajstić information content (AvgIpc) is 3.01. The number of rotatable bonds is 1. The molecule has 0 unspecified atom stereocenters. The zero-order valence-corrected chi connectivity index (χ0v) is 16.3. The van der Waals surface area contributed by atoms with Gasteiger partial charge in [-0.1, -0.05) is 54.3 Å². The number of hydrogen-bond acceptors (Lipinski definition) is 2. The molecule has 0 bridgehead atoms. The number of benzene rings is 3. The van der Waals surface area contributed by atoms with Gasteiger partial charge < -0.3 is 5.11 Å². The molecule has 1 aliphatic rings. The maximum Gasteiger partial charge on any atom is 0.336 e. The van der Waals surface area contributed by atoms with Crippen LogP contribution < -0.4 is 5.69 Å². The van der Waals surface area contributed by atoms with Gasteiger partial charge in [0.25, 0.3) is 0 Å². The van der Waals surface area contributed by atoms with Gasteiger partial charge in [0, 0.05) is 17.5 Å². The molecule has 4 nitrogen and oxygen atoms in total. The van der Waals surface area contributed by atoms with Crippen molar-refractivity contribution in [2.45, 2.75) is 13.0 Å². The zero-order valence-electron chi connectivity index (χ0n) is 16.3. The van der Waals surface area contributed by atoms with Gasteiger partial charge in [0.1, 0.15) is 5.69 Å². The van der Waals surface area contributed by atoms with Crippen LogP contribution in [-0.4, -0.2) is 14.2 Å². The Bertz CT molecular complexity index is 1420. The summed E-state index contributed by atoms with van der Waals surface area (Å²) in [6.45, 7) is 0.231. The third-order valence-corrected chi connectivity index (χ3v) is 5.39. The summed E-state index contributed by atoms with van der Waals surface area (Å²) in [5.74, 6) is 3.16. The number of nitrogens with zero attached hydrogens (tertiary/aromatic N) is 2. The monoisotopic (exact) mass is 414 g/mol. The minimum atomic E-state index is -0.977. The van der Waals surface area contributed by atoms with Crippen LogP contribution in [0.1, 0.15) is 27.9 Å². The molecular weight excluding hydrogens is 398 g/mol. The maximum atomic E-state index is 14.9. The fourth-order valence-electron chi connectivity index (χ4n) is 3.87. The molecule has 31 heavy (non-hydrogen) atoms. The molecule has 0 fully saturated rings. The van der Waals surface area contributed by atoms with E-state index < -0.39 is 28.9 Å². The van der Waals surface area contributed by atoms with Gasteiger partial charge in [0.05, 0.1) is 12.2 Å². The van der Waals surface area contributed by atoms with E-state index >= 15 is 0 Å². The first kappa shape index (κ1) is 18.9. The smallest absolute Gasteiger partial charge is 0.336 e. The Morgan fingerprint density at radius 3 is 2.16 bits per heavy atom. The Hall–Kier alpha value is -4.11. The zero-order chi connectivity index (χ0) is 21.5. The van der Waals surface area contributed by atoms with Crippen LogP contribution in [0.15, 0.2) is 71.5 Å². The van der Waals surface area contributed by atoms with E-state index in [1.165, 1.54) is 4.57 Å². The molecule has 3 aromatic carbocycles. The first-order valence-electron chi connectivity index (χ1n) is 9.69. The van der Waals surface area contributed by atoms with Crippen LogP contribution in [0.25, 0.3) is 5.69 Å². The van der Waals surface area contributed by atoms with E-state index in [9.17, 15) is 18.7 Å². The Balaban J connectivity index is 1.59. The summed E-state index contributed by atoms with van der Waals surface area (Å²) < 4.78 is 31.9. The van der Waals surface area contributed by atoms with Crippen molar-refractivity contribution in [1.82, 2.24) is 9.13 Å². The summed E-state index contributed by atoms with van der Waals surface area (Å²) in [7, 11) is 0. The molecule has 1 aromatic heterocycles. The first-order valence-corrected chi connectivity index (χ1v) is 9.69. The summed E-state index contributed by atoms with van der Waals surface area (Å²) in [6.07, 6.45) is 0.300. The van der Waals surface area contributed by atoms with E-state index in [1.54, 1.807) is 12.1 Å². The summed E-state index contributed by atoms with van der Waals surface area (Å²) in [6, 6.07) is 18.7. The summed E-state index contributed by atoms with van der Waals surface area (Å²) in [4.78, 5) is 12.9. The van der Waals surface area contributed by atoms with Gasteiger partial charge in [-0.2, -0.15) is 0 Å². The Labute approximate surface area is 176 Å². The van der Waals surface area contributed by atoms with E-state index in [1.807, 2.05) is 42.5 Å². The van der Waals surface area contributed by atoms with Gasteiger partial charge in [0.15, 0.2) is 11.6 Å². The van der Waals surface area contributed by atoms with Crippen molar-refractivity contribution in [3.8, 4) is 23.4 Å². The number of aromatic hydroxyl groups is 1. The van der Waals surface area contributed by atoms with Gasteiger partial charge in [-0.3, -0.25) is 4.57 Å². The Morgan fingerprint density at radius 1 is 0.839 bits per heavy atom. The quantitative estimate of drug-likeness (QED) is 0.422. The maximum absolute atomic E-state index is 14.9. The second-order valence-electron chi connectivity index (χ2n) is 7.32. The molecule has 2 heterocycles. The van der Waals surface area contributed by atoms with E-state index in [4.69, 9.17) is 0 Å². The van der Waals surface area contributed by atoms with Crippen LogP contribution in [0.5, 0.6) is 5.88 Å². The van der Waals surface area contributed by atoms with Crippen molar-refractivity contribution >= 4 is 0 Å². The molecule has 0 saturated carbocycles. The van der Waals surface area contributed by atoms with E-state index in [0.717, 1.165) is 23.3 Å². The normalized spacial score (nSPS) is 11.9. The highest BCUT2D eigenvalue weighted by molar-refractivity contribution is 5.50. The molecule has 1 N–H and O–H groups in total. The molecule has 0 radical (unpaired) electrons. The Morgan fingerprint density at radius 2 is 1.45 bits per heavy atom. The van der Waals surface area contributed by atoms with Crippen LogP contribution >= 0.6 is 0 Å². The number of halogens is 2. The van der Waals surface area contributed by atoms with E-state index in [0.29, 0.717) is 22.2 Å². The van der Waals surface area contributed by atoms with Crippen LogP contribution in [0.4, 0.5) is 8.78 Å². The van der Waals surface area contributed by atoms with Crippen LogP contribution in [-0.2, 0) is 13.0 Å². The van der Waals surface area contributed by atoms with E-state index in [-0.39, 0.29) is 12.1 Å². The highest BCUT2D eigenvalue weighted by Crippen LogP contribution is 2.30. The first-order chi connectivity index (χ1) is 15.0. The van der Waals surface area contributed by atoms with Crippen LogP contribution in [0.2, 0.25) is 0 Å². The lowest BCUT2D eigenvalue weighted by atomic mass is 9.99. The molecular formula is C25H16F2N2O2. The molecule has 1 aliphatic heterocycles. The fraction of sp³-hybridized carbons (Fsp3) is 0.0800. The fourth-order valence-corrected chi connectivity index (χ4v) is 3.87.